The van der Waals surface area contributed by atoms with Crippen LogP contribution in [-0.4, -0.2) is 5.38 Å². The van der Waals surface area contributed by atoms with Crippen LogP contribution in [0.15, 0.2) is 0 Å². The van der Waals surface area contributed by atoms with Gasteiger partial charge < -0.3 is 0 Å². The highest BCUT2D eigenvalue weighted by molar-refractivity contribution is 6.20. The van der Waals surface area contributed by atoms with Crippen LogP contribution in [0.5, 0.6) is 0 Å². The first-order valence-corrected chi connectivity index (χ1v) is 9.61. The van der Waals surface area contributed by atoms with E-state index in [1.165, 1.54) is 64.2 Å². The molecule has 0 aromatic rings. The van der Waals surface area contributed by atoms with Crippen molar-refractivity contribution in [1.29, 1.82) is 0 Å². The predicted octanol–water partition coefficient (Wildman–Crippen LogP) is 6.03. The molecule has 0 spiro atoms. The van der Waals surface area contributed by atoms with Crippen LogP contribution in [0.2, 0.25) is 0 Å². The van der Waals surface area contributed by atoms with Crippen LogP contribution in [0, 0.1) is 34.5 Å². The molecule has 0 nitrogen and oxygen atoms in total. The monoisotopic (exact) mass is 294 g/mol. The maximum absolute atomic E-state index is 6.48. The molecule has 0 aromatic heterocycles. The number of alkyl halides is 1. The first-order chi connectivity index (χ1) is 9.53. The number of rotatable bonds is 0. The highest BCUT2D eigenvalue weighted by Gasteiger charge is 2.57. The minimum atomic E-state index is 0.477. The summed E-state index contributed by atoms with van der Waals surface area (Å²) >= 11 is 6.48. The summed E-state index contributed by atoms with van der Waals surface area (Å²) in [6.45, 7) is 5.26. The van der Waals surface area contributed by atoms with E-state index >= 15 is 0 Å². The van der Waals surface area contributed by atoms with Gasteiger partial charge in [-0.05, 0) is 92.3 Å². The lowest BCUT2D eigenvalue weighted by atomic mass is 9.45. The molecule has 7 atom stereocenters. The molecule has 4 fully saturated rings. The number of fused-ring (bicyclic) bond motifs is 5. The summed E-state index contributed by atoms with van der Waals surface area (Å²) in [6, 6.07) is 0. The van der Waals surface area contributed by atoms with E-state index in [-0.39, 0.29) is 0 Å². The lowest BCUT2D eigenvalue weighted by molar-refractivity contribution is -0.102. The summed E-state index contributed by atoms with van der Waals surface area (Å²) in [7, 11) is 0. The van der Waals surface area contributed by atoms with Crippen LogP contribution in [0.3, 0.4) is 0 Å². The molecule has 0 bridgehead atoms. The number of hydrogen-bond donors (Lipinski definition) is 0. The molecule has 1 heteroatoms. The smallest absolute Gasteiger partial charge is 0.0339 e. The molecular weight excluding hydrogens is 264 g/mol. The quantitative estimate of drug-likeness (QED) is 0.479. The molecule has 114 valence electrons. The fraction of sp³-hybridized carbons (Fsp3) is 1.00. The zero-order chi connectivity index (χ0) is 14.0. The van der Waals surface area contributed by atoms with Crippen molar-refractivity contribution in [3.63, 3.8) is 0 Å². The molecule has 1 unspecified atom stereocenters. The van der Waals surface area contributed by atoms with E-state index in [4.69, 9.17) is 11.6 Å². The third-order valence-electron chi connectivity index (χ3n) is 8.38. The second-order valence-corrected chi connectivity index (χ2v) is 9.73. The highest BCUT2D eigenvalue weighted by atomic mass is 35.5. The van der Waals surface area contributed by atoms with E-state index in [0.717, 1.165) is 23.7 Å². The molecule has 4 aliphatic rings. The Balaban J connectivity index is 1.62. The van der Waals surface area contributed by atoms with E-state index in [2.05, 4.69) is 13.8 Å². The van der Waals surface area contributed by atoms with Crippen molar-refractivity contribution in [3.8, 4) is 0 Å². The second-order valence-electron chi connectivity index (χ2n) is 9.11. The molecule has 0 aliphatic heterocycles. The third-order valence-corrected chi connectivity index (χ3v) is 8.78. The standard InChI is InChI=1S/C19H31Cl/c1-18-9-3-4-16(18)15-6-5-13-12-14(20)7-11-19(13,2)17(15)8-10-18/h13-17H,3-12H2,1-2H3/t13?,14-,15-,16-,17-,18-,19-/m0/s1. The van der Waals surface area contributed by atoms with Gasteiger partial charge in [-0.3, -0.25) is 0 Å². The van der Waals surface area contributed by atoms with Crippen LogP contribution in [0.25, 0.3) is 0 Å². The van der Waals surface area contributed by atoms with Gasteiger partial charge in [0.15, 0.2) is 0 Å². The van der Waals surface area contributed by atoms with Gasteiger partial charge in [-0.1, -0.05) is 20.3 Å². The van der Waals surface area contributed by atoms with Gasteiger partial charge in [0.1, 0.15) is 0 Å². The van der Waals surface area contributed by atoms with Crippen molar-refractivity contribution >= 4 is 11.6 Å². The lowest BCUT2D eigenvalue weighted by Crippen LogP contribution is -2.52. The summed E-state index contributed by atoms with van der Waals surface area (Å²) in [6.07, 6.45) is 14.6. The van der Waals surface area contributed by atoms with Crippen molar-refractivity contribution in [2.75, 3.05) is 0 Å². The molecule has 0 aromatic carbocycles. The van der Waals surface area contributed by atoms with E-state index in [9.17, 15) is 0 Å². The maximum Gasteiger partial charge on any atom is 0.0339 e. The largest absolute Gasteiger partial charge is 0.123 e. The Morgan fingerprint density at radius 2 is 1.70 bits per heavy atom. The van der Waals surface area contributed by atoms with Crippen LogP contribution in [0.1, 0.15) is 78.1 Å². The van der Waals surface area contributed by atoms with Gasteiger partial charge in [-0.2, -0.15) is 0 Å². The fourth-order valence-corrected chi connectivity index (χ4v) is 7.52. The summed E-state index contributed by atoms with van der Waals surface area (Å²) < 4.78 is 0. The Morgan fingerprint density at radius 1 is 0.850 bits per heavy atom. The highest BCUT2D eigenvalue weighted by Crippen LogP contribution is 2.66. The van der Waals surface area contributed by atoms with Crippen molar-refractivity contribution in [2.24, 2.45) is 34.5 Å². The molecule has 4 rings (SSSR count). The average Bonchev–Trinajstić information content (AvgIpc) is 2.81. The van der Waals surface area contributed by atoms with E-state index < -0.39 is 0 Å². The van der Waals surface area contributed by atoms with Crippen LogP contribution < -0.4 is 0 Å². The van der Waals surface area contributed by atoms with E-state index in [1.807, 2.05) is 0 Å². The number of halogens is 1. The van der Waals surface area contributed by atoms with Gasteiger partial charge >= 0.3 is 0 Å². The zero-order valence-corrected chi connectivity index (χ0v) is 14.1. The Kier molecular flexibility index (Phi) is 3.23. The van der Waals surface area contributed by atoms with Crippen molar-refractivity contribution in [1.82, 2.24) is 0 Å². The number of hydrogen-bond acceptors (Lipinski definition) is 0. The molecule has 0 N–H and O–H groups in total. The Bertz CT molecular complexity index is 391. The maximum atomic E-state index is 6.48. The van der Waals surface area contributed by atoms with Gasteiger partial charge in [-0.15, -0.1) is 11.6 Å². The molecule has 4 saturated carbocycles. The van der Waals surface area contributed by atoms with Crippen LogP contribution in [-0.2, 0) is 0 Å². The third kappa shape index (κ3) is 1.86. The van der Waals surface area contributed by atoms with Crippen LogP contribution >= 0.6 is 11.6 Å². The molecule has 0 radical (unpaired) electrons. The SMILES string of the molecule is C[C@@]12CCC[C@H]1[C@@H]1CCC3C[C@@H](Cl)CC[C@]3(C)[C@H]1CC2. The second kappa shape index (κ2) is 4.64. The van der Waals surface area contributed by atoms with Gasteiger partial charge in [0.2, 0.25) is 0 Å². The van der Waals surface area contributed by atoms with Gasteiger partial charge in [0.05, 0.1) is 0 Å². The molecule has 4 aliphatic carbocycles. The Morgan fingerprint density at radius 3 is 2.55 bits per heavy atom. The van der Waals surface area contributed by atoms with Crippen LogP contribution in [0.4, 0.5) is 0 Å². The van der Waals surface area contributed by atoms with E-state index in [1.54, 1.807) is 0 Å². The Labute approximate surface area is 130 Å². The van der Waals surface area contributed by atoms with Crippen molar-refractivity contribution in [3.05, 3.63) is 0 Å². The van der Waals surface area contributed by atoms with Gasteiger partial charge in [0.25, 0.3) is 0 Å². The molecule has 0 saturated heterocycles. The predicted molar refractivity (Wildman–Crippen MR) is 86.0 cm³/mol. The molecular formula is C19H31Cl. The minimum Gasteiger partial charge on any atom is -0.123 e. The van der Waals surface area contributed by atoms with Crippen molar-refractivity contribution in [2.45, 2.75) is 83.4 Å². The minimum absolute atomic E-state index is 0.477. The topological polar surface area (TPSA) is 0 Å². The summed E-state index contributed by atoms with van der Waals surface area (Å²) in [5.74, 6) is 4.09. The van der Waals surface area contributed by atoms with Gasteiger partial charge in [-0.25, -0.2) is 0 Å². The normalized spacial score (nSPS) is 58.6. The van der Waals surface area contributed by atoms with Crippen molar-refractivity contribution < 1.29 is 0 Å². The van der Waals surface area contributed by atoms with Gasteiger partial charge in [0, 0.05) is 5.38 Å². The molecule has 20 heavy (non-hydrogen) atoms. The zero-order valence-electron chi connectivity index (χ0n) is 13.3. The first-order valence-electron chi connectivity index (χ1n) is 9.17. The summed E-state index contributed by atoms with van der Waals surface area (Å²) in [5, 5.41) is 0.477. The summed E-state index contributed by atoms with van der Waals surface area (Å²) in [4.78, 5) is 0. The average molecular weight is 295 g/mol. The fourth-order valence-electron chi connectivity index (χ4n) is 7.20. The first kappa shape index (κ1) is 13.9. The van der Waals surface area contributed by atoms with E-state index in [0.29, 0.717) is 16.2 Å². The molecule has 0 heterocycles. The molecule has 0 amide bonds. The Hall–Kier alpha value is 0.290. The summed E-state index contributed by atoms with van der Waals surface area (Å²) in [5.41, 5.74) is 1.35. The lowest BCUT2D eigenvalue weighted by Gasteiger charge is -2.60.